The first-order chi connectivity index (χ1) is 8.79. The number of pyridine rings is 1. The van der Waals surface area contributed by atoms with Crippen LogP contribution in [-0.2, 0) is 12.8 Å². The van der Waals surface area contributed by atoms with Crippen LogP contribution in [-0.4, -0.2) is 15.0 Å². The molecule has 3 aromatic heterocycles. The zero-order valence-corrected chi connectivity index (χ0v) is 11.0. The van der Waals surface area contributed by atoms with E-state index in [4.69, 9.17) is 0 Å². The molecule has 90 valence electrons. The third-order valence-corrected chi connectivity index (χ3v) is 4.70. The van der Waals surface area contributed by atoms with E-state index in [1.54, 1.807) is 0 Å². The molecule has 3 heterocycles. The minimum atomic E-state index is 0.809. The minimum Gasteiger partial charge on any atom is -0.336 e. The third kappa shape index (κ3) is 1.49. The van der Waals surface area contributed by atoms with Crippen LogP contribution in [0.4, 0.5) is 0 Å². The topological polar surface area (TPSA) is 41.6 Å². The quantitative estimate of drug-likeness (QED) is 0.723. The number of H-pyrrole nitrogens is 1. The number of hydrogen-bond donors (Lipinski definition) is 1. The van der Waals surface area contributed by atoms with Crippen molar-refractivity contribution in [1.29, 1.82) is 0 Å². The predicted molar refractivity (Wildman–Crippen MR) is 74.0 cm³/mol. The first-order valence-electron chi connectivity index (χ1n) is 6.24. The number of imidazole rings is 1. The zero-order chi connectivity index (χ0) is 12.1. The van der Waals surface area contributed by atoms with Gasteiger partial charge in [-0.25, -0.2) is 9.97 Å². The summed E-state index contributed by atoms with van der Waals surface area (Å²) in [6, 6.07) is 4.39. The highest BCUT2D eigenvalue weighted by Crippen LogP contribution is 2.35. The van der Waals surface area contributed by atoms with Gasteiger partial charge in [0.1, 0.15) is 0 Å². The first-order valence-corrected chi connectivity index (χ1v) is 7.05. The van der Waals surface area contributed by atoms with Gasteiger partial charge in [-0.1, -0.05) is 0 Å². The molecule has 0 fully saturated rings. The number of aromatic nitrogens is 3. The number of aryl methyl sites for hydroxylation is 3. The van der Waals surface area contributed by atoms with Gasteiger partial charge in [0, 0.05) is 11.1 Å². The third-order valence-electron chi connectivity index (χ3n) is 3.45. The van der Waals surface area contributed by atoms with E-state index in [-0.39, 0.29) is 0 Å². The lowest BCUT2D eigenvalue weighted by Crippen LogP contribution is -1.77. The molecule has 0 saturated heterocycles. The molecule has 0 amide bonds. The van der Waals surface area contributed by atoms with Crippen LogP contribution in [0.25, 0.3) is 21.9 Å². The smallest absolute Gasteiger partial charge is 0.178 e. The maximum absolute atomic E-state index is 4.58. The van der Waals surface area contributed by atoms with E-state index in [1.165, 1.54) is 34.6 Å². The molecular formula is C14H13N3S. The lowest BCUT2D eigenvalue weighted by Gasteiger charge is -1.90. The highest BCUT2D eigenvalue weighted by molar-refractivity contribution is 7.15. The fraction of sp³-hybridized carbons (Fsp3) is 0.286. The summed E-state index contributed by atoms with van der Waals surface area (Å²) in [5.74, 6) is 0.961. The Morgan fingerprint density at radius 1 is 1.28 bits per heavy atom. The molecule has 0 spiro atoms. The van der Waals surface area contributed by atoms with Crippen LogP contribution in [0.2, 0.25) is 0 Å². The van der Waals surface area contributed by atoms with Gasteiger partial charge in [-0.3, -0.25) is 0 Å². The van der Waals surface area contributed by atoms with Gasteiger partial charge < -0.3 is 4.98 Å². The second-order valence-corrected chi connectivity index (χ2v) is 6.02. The second-order valence-electron chi connectivity index (χ2n) is 4.88. The molecule has 0 aliphatic heterocycles. The Labute approximate surface area is 109 Å². The Kier molecular flexibility index (Phi) is 2.08. The Bertz CT molecular complexity index is 717. The summed E-state index contributed by atoms with van der Waals surface area (Å²) in [4.78, 5) is 15.1. The molecular weight excluding hydrogens is 242 g/mol. The second kappa shape index (κ2) is 3.65. The Hall–Kier alpha value is -1.68. The first kappa shape index (κ1) is 10.3. The van der Waals surface area contributed by atoms with Gasteiger partial charge in [0.25, 0.3) is 0 Å². The average Bonchev–Trinajstić information content (AvgIpc) is 2.99. The normalized spacial score (nSPS) is 14.3. The molecule has 0 saturated carbocycles. The minimum absolute atomic E-state index is 0.809. The van der Waals surface area contributed by atoms with Crippen LogP contribution in [0.1, 0.15) is 22.4 Å². The van der Waals surface area contributed by atoms with Crippen LogP contribution in [0.5, 0.6) is 0 Å². The molecule has 3 aromatic rings. The average molecular weight is 255 g/mol. The summed E-state index contributed by atoms with van der Waals surface area (Å²) in [7, 11) is 0. The molecule has 1 N–H and O–H groups in total. The monoisotopic (exact) mass is 255 g/mol. The fourth-order valence-electron chi connectivity index (χ4n) is 2.57. The summed E-state index contributed by atoms with van der Waals surface area (Å²) in [5.41, 5.74) is 4.51. The maximum atomic E-state index is 4.58. The van der Waals surface area contributed by atoms with E-state index in [0.29, 0.717) is 0 Å². The van der Waals surface area contributed by atoms with Gasteiger partial charge in [-0.05, 0) is 49.4 Å². The predicted octanol–water partition coefficient (Wildman–Crippen LogP) is 3.48. The van der Waals surface area contributed by atoms with Crippen molar-refractivity contribution < 1.29 is 0 Å². The van der Waals surface area contributed by atoms with E-state index in [0.717, 1.165) is 22.6 Å². The number of rotatable bonds is 1. The van der Waals surface area contributed by atoms with Crippen LogP contribution in [0.3, 0.4) is 0 Å². The Morgan fingerprint density at radius 3 is 3.11 bits per heavy atom. The van der Waals surface area contributed by atoms with Crippen LogP contribution in [0, 0.1) is 6.92 Å². The van der Waals surface area contributed by atoms with Crippen LogP contribution >= 0.6 is 11.3 Å². The van der Waals surface area contributed by atoms with E-state index in [9.17, 15) is 0 Å². The maximum Gasteiger partial charge on any atom is 0.178 e. The van der Waals surface area contributed by atoms with Crippen molar-refractivity contribution in [3.05, 3.63) is 34.3 Å². The van der Waals surface area contributed by atoms with Crippen molar-refractivity contribution >= 4 is 22.5 Å². The van der Waals surface area contributed by atoms with Gasteiger partial charge in [-0.15, -0.1) is 11.3 Å². The standard InChI is InChI=1S/C14H13N3S/c1-8-5-10-13(15-7-8)17-14(16-10)12-6-9-3-2-4-11(9)18-12/h5-7H,2-4H2,1H3,(H,15,16,17). The van der Waals surface area contributed by atoms with E-state index >= 15 is 0 Å². The van der Waals surface area contributed by atoms with E-state index in [1.807, 2.05) is 24.5 Å². The summed E-state index contributed by atoms with van der Waals surface area (Å²) in [6.45, 7) is 2.05. The van der Waals surface area contributed by atoms with Crippen molar-refractivity contribution in [2.45, 2.75) is 26.2 Å². The van der Waals surface area contributed by atoms with Crippen molar-refractivity contribution in [3.8, 4) is 10.7 Å². The van der Waals surface area contributed by atoms with Crippen molar-refractivity contribution in [2.75, 3.05) is 0 Å². The molecule has 0 bridgehead atoms. The number of aromatic amines is 1. The molecule has 18 heavy (non-hydrogen) atoms. The summed E-state index contributed by atoms with van der Waals surface area (Å²) in [6.07, 6.45) is 5.63. The number of fused-ring (bicyclic) bond motifs is 2. The molecule has 4 rings (SSSR count). The highest BCUT2D eigenvalue weighted by atomic mass is 32.1. The summed E-state index contributed by atoms with van der Waals surface area (Å²) >= 11 is 1.87. The Balaban J connectivity index is 1.85. The zero-order valence-electron chi connectivity index (χ0n) is 10.2. The van der Waals surface area contributed by atoms with Crippen LogP contribution < -0.4 is 0 Å². The number of hydrogen-bond acceptors (Lipinski definition) is 3. The van der Waals surface area contributed by atoms with Crippen LogP contribution in [0.15, 0.2) is 18.3 Å². The molecule has 0 atom stereocenters. The molecule has 0 unspecified atom stereocenters. The fourth-order valence-corrected chi connectivity index (χ4v) is 3.77. The molecule has 1 aliphatic carbocycles. The highest BCUT2D eigenvalue weighted by Gasteiger charge is 2.17. The van der Waals surface area contributed by atoms with E-state index in [2.05, 4.69) is 27.1 Å². The van der Waals surface area contributed by atoms with Crippen molar-refractivity contribution in [3.63, 3.8) is 0 Å². The van der Waals surface area contributed by atoms with Crippen molar-refractivity contribution in [2.24, 2.45) is 0 Å². The van der Waals surface area contributed by atoms with Gasteiger partial charge in [0.15, 0.2) is 11.5 Å². The van der Waals surface area contributed by atoms with Crippen molar-refractivity contribution in [1.82, 2.24) is 15.0 Å². The lowest BCUT2D eigenvalue weighted by molar-refractivity contribution is 0.915. The number of nitrogens with one attached hydrogen (secondary N) is 1. The van der Waals surface area contributed by atoms with Gasteiger partial charge in [-0.2, -0.15) is 0 Å². The SMILES string of the molecule is Cc1cnc2nc(-c3cc4c(s3)CCC4)[nH]c2c1. The molecule has 1 aliphatic rings. The van der Waals surface area contributed by atoms with Gasteiger partial charge in [0.2, 0.25) is 0 Å². The van der Waals surface area contributed by atoms with Gasteiger partial charge >= 0.3 is 0 Å². The number of nitrogens with zero attached hydrogens (tertiary/aromatic N) is 2. The molecule has 0 radical (unpaired) electrons. The van der Waals surface area contributed by atoms with Gasteiger partial charge in [0.05, 0.1) is 10.4 Å². The molecule has 3 nitrogen and oxygen atoms in total. The number of thiophene rings is 1. The Morgan fingerprint density at radius 2 is 2.22 bits per heavy atom. The molecule has 0 aromatic carbocycles. The summed E-state index contributed by atoms with van der Waals surface area (Å²) < 4.78 is 0. The largest absolute Gasteiger partial charge is 0.336 e. The molecule has 4 heteroatoms. The van der Waals surface area contributed by atoms with E-state index < -0.39 is 0 Å². The lowest BCUT2D eigenvalue weighted by atomic mass is 10.2. The summed E-state index contributed by atoms with van der Waals surface area (Å²) in [5, 5.41) is 0.